The summed E-state index contributed by atoms with van der Waals surface area (Å²) in [4.78, 5) is 0. The van der Waals surface area contributed by atoms with Gasteiger partial charge in [-0.1, -0.05) is 0 Å². The van der Waals surface area contributed by atoms with Crippen LogP contribution in [0.4, 0.5) is 0 Å². The van der Waals surface area contributed by atoms with Gasteiger partial charge in [0.25, 0.3) is 0 Å². The molecule has 2 fully saturated rings. The van der Waals surface area contributed by atoms with Gasteiger partial charge in [0, 0.05) is 5.88 Å². The molecule has 0 aromatic rings. The van der Waals surface area contributed by atoms with Gasteiger partial charge in [-0.3, -0.25) is 0 Å². The molecular formula is C12H21ClO2S. The van der Waals surface area contributed by atoms with Crippen LogP contribution in [0.2, 0.25) is 0 Å². The van der Waals surface area contributed by atoms with Crippen molar-refractivity contribution in [2.75, 3.05) is 11.6 Å². The first-order valence-corrected chi connectivity index (χ1v) is 8.41. The molecule has 0 bridgehead atoms. The Hall–Kier alpha value is 0.240. The lowest BCUT2D eigenvalue weighted by molar-refractivity contribution is 0.294. The molecule has 2 unspecified atom stereocenters. The molecule has 0 aliphatic heterocycles. The van der Waals surface area contributed by atoms with Gasteiger partial charge in [-0.2, -0.15) is 0 Å². The molecule has 0 saturated heterocycles. The minimum Gasteiger partial charge on any atom is -0.229 e. The fourth-order valence-electron chi connectivity index (χ4n) is 2.98. The van der Waals surface area contributed by atoms with Crippen molar-refractivity contribution >= 4 is 21.4 Å². The van der Waals surface area contributed by atoms with E-state index in [0.717, 1.165) is 31.1 Å². The maximum absolute atomic E-state index is 11.8. The lowest BCUT2D eigenvalue weighted by Crippen LogP contribution is -2.27. The van der Waals surface area contributed by atoms with Crippen LogP contribution in [-0.2, 0) is 9.84 Å². The molecule has 2 nitrogen and oxygen atoms in total. The number of fused-ring (bicyclic) bond motifs is 1. The van der Waals surface area contributed by atoms with E-state index in [0.29, 0.717) is 11.6 Å². The van der Waals surface area contributed by atoms with Gasteiger partial charge in [0.15, 0.2) is 9.84 Å². The van der Waals surface area contributed by atoms with Gasteiger partial charge in [-0.15, -0.1) is 11.6 Å². The van der Waals surface area contributed by atoms with E-state index in [1.807, 2.05) is 0 Å². The van der Waals surface area contributed by atoms with Crippen molar-refractivity contribution in [3.8, 4) is 0 Å². The van der Waals surface area contributed by atoms with Gasteiger partial charge in [0.05, 0.1) is 11.0 Å². The molecule has 0 heterocycles. The zero-order valence-electron chi connectivity index (χ0n) is 10.1. The summed E-state index contributed by atoms with van der Waals surface area (Å²) in [5.41, 5.74) is 0.136. The van der Waals surface area contributed by atoms with Crippen molar-refractivity contribution in [3.05, 3.63) is 0 Å². The van der Waals surface area contributed by atoms with Gasteiger partial charge < -0.3 is 0 Å². The Morgan fingerprint density at radius 3 is 2.31 bits per heavy atom. The molecular weight excluding hydrogens is 244 g/mol. The van der Waals surface area contributed by atoms with Gasteiger partial charge in [-0.25, -0.2) is 8.42 Å². The fourth-order valence-corrected chi connectivity index (χ4v) is 4.52. The molecule has 0 aromatic carbocycles. The molecule has 2 saturated carbocycles. The Morgan fingerprint density at radius 2 is 1.88 bits per heavy atom. The summed E-state index contributed by atoms with van der Waals surface area (Å²) in [5, 5.41) is -0.254. The minimum atomic E-state index is -2.90. The maximum Gasteiger partial charge on any atom is 0.152 e. The van der Waals surface area contributed by atoms with Crippen LogP contribution in [0.5, 0.6) is 0 Å². The predicted octanol–water partition coefficient (Wildman–Crippen LogP) is 2.85. The van der Waals surface area contributed by atoms with Crippen LogP contribution in [0.1, 0.15) is 39.5 Å². The van der Waals surface area contributed by atoms with Crippen molar-refractivity contribution in [2.45, 2.75) is 44.8 Å². The highest BCUT2D eigenvalue weighted by Gasteiger charge is 2.53. The zero-order valence-corrected chi connectivity index (χ0v) is 11.6. The lowest BCUT2D eigenvalue weighted by Gasteiger charge is -2.28. The SMILES string of the molecule is CC(C)S(=O)(=O)CCC1(CCl)CC2CC2C1. The summed E-state index contributed by atoms with van der Waals surface area (Å²) in [5.74, 6) is 2.67. The fraction of sp³-hybridized carbons (Fsp3) is 1.00. The van der Waals surface area contributed by atoms with Crippen LogP contribution in [0.3, 0.4) is 0 Å². The second-order valence-corrected chi connectivity index (χ2v) is 8.91. The van der Waals surface area contributed by atoms with Crippen LogP contribution in [0.15, 0.2) is 0 Å². The Balaban J connectivity index is 1.94. The van der Waals surface area contributed by atoms with Crippen LogP contribution in [-0.4, -0.2) is 25.3 Å². The molecule has 2 aliphatic rings. The molecule has 0 radical (unpaired) electrons. The molecule has 4 heteroatoms. The average molecular weight is 265 g/mol. The summed E-state index contributed by atoms with van der Waals surface area (Å²) in [7, 11) is -2.90. The predicted molar refractivity (Wildman–Crippen MR) is 67.5 cm³/mol. The highest BCUT2D eigenvalue weighted by Crippen LogP contribution is 2.61. The second kappa shape index (κ2) is 4.16. The third-order valence-electron chi connectivity index (χ3n) is 4.38. The number of rotatable bonds is 5. The van der Waals surface area contributed by atoms with E-state index in [9.17, 15) is 8.42 Å². The molecule has 0 N–H and O–H groups in total. The normalized spacial score (nSPS) is 37.8. The van der Waals surface area contributed by atoms with Crippen molar-refractivity contribution in [3.63, 3.8) is 0 Å². The molecule has 2 atom stereocenters. The molecule has 0 aromatic heterocycles. The Morgan fingerprint density at radius 1 is 1.31 bits per heavy atom. The lowest BCUT2D eigenvalue weighted by atomic mass is 9.82. The quantitative estimate of drug-likeness (QED) is 0.716. The third-order valence-corrected chi connectivity index (χ3v) is 7.15. The van der Waals surface area contributed by atoms with Gasteiger partial charge in [-0.05, 0) is 56.8 Å². The van der Waals surface area contributed by atoms with Crippen LogP contribution in [0, 0.1) is 17.3 Å². The molecule has 16 heavy (non-hydrogen) atoms. The van der Waals surface area contributed by atoms with Gasteiger partial charge >= 0.3 is 0 Å². The molecule has 2 rings (SSSR count). The Kier molecular flexibility index (Phi) is 3.30. The number of halogens is 1. The van der Waals surface area contributed by atoms with Crippen LogP contribution >= 0.6 is 11.6 Å². The van der Waals surface area contributed by atoms with E-state index in [1.54, 1.807) is 13.8 Å². The van der Waals surface area contributed by atoms with Crippen molar-refractivity contribution in [2.24, 2.45) is 17.3 Å². The summed E-state index contributed by atoms with van der Waals surface area (Å²) in [6.07, 6.45) is 4.45. The van der Waals surface area contributed by atoms with E-state index in [1.165, 1.54) is 6.42 Å². The smallest absolute Gasteiger partial charge is 0.152 e. The number of hydrogen-bond donors (Lipinski definition) is 0. The van der Waals surface area contributed by atoms with Crippen molar-refractivity contribution in [1.29, 1.82) is 0 Å². The van der Waals surface area contributed by atoms with Crippen molar-refractivity contribution < 1.29 is 8.42 Å². The first-order valence-electron chi connectivity index (χ1n) is 6.16. The minimum absolute atomic E-state index is 0.136. The van der Waals surface area contributed by atoms with E-state index < -0.39 is 9.84 Å². The summed E-state index contributed by atoms with van der Waals surface area (Å²) < 4.78 is 23.6. The standard InChI is InChI=1S/C12H21ClO2S/c1-9(2)16(14,15)4-3-12(8-13)6-10-5-11(10)7-12/h9-11H,3-8H2,1-2H3. The van der Waals surface area contributed by atoms with E-state index in [-0.39, 0.29) is 10.7 Å². The summed E-state index contributed by atoms with van der Waals surface area (Å²) in [6.45, 7) is 3.52. The highest BCUT2D eigenvalue weighted by atomic mass is 35.5. The Bertz CT molecular complexity index is 351. The first kappa shape index (κ1) is 12.7. The second-order valence-electron chi connectivity index (χ2n) is 5.96. The molecule has 94 valence electrons. The van der Waals surface area contributed by atoms with E-state index >= 15 is 0 Å². The van der Waals surface area contributed by atoms with Gasteiger partial charge in [0.1, 0.15) is 0 Å². The Labute approximate surface area is 104 Å². The summed E-state index contributed by atoms with van der Waals surface area (Å²) in [6, 6.07) is 0. The number of alkyl halides is 1. The van der Waals surface area contributed by atoms with Crippen LogP contribution < -0.4 is 0 Å². The van der Waals surface area contributed by atoms with E-state index in [4.69, 9.17) is 11.6 Å². The molecule has 2 aliphatic carbocycles. The first-order chi connectivity index (χ1) is 7.38. The maximum atomic E-state index is 11.8. The topological polar surface area (TPSA) is 34.1 Å². The highest BCUT2D eigenvalue weighted by molar-refractivity contribution is 7.91. The van der Waals surface area contributed by atoms with Crippen LogP contribution in [0.25, 0.3) is 0 Å². The van der Waals surface area contributed by atoms with Gasteiger partial charge in [0.2, 0.25) is 0 Å². The number of hydrogen-bond acceptors (Lipinski definition) is 2. The van der Waals surface area contributed by atoms with E-state index in [2.05, 4.69) is 0 Å². The number of sulfone groups is 1. The van der Waals surface area contributed by atoms with Crippen molar-refractivity contribution in [1.82, 2.24) is 0 Å². The largest absolute Gasteiger partial charge is 0.229 e. The third kappa shape index (κ3) is 2.40. The monoisotopic (exact) mass is 264 g/mol. The summed E-state index contributed by atoms with van der Waals surface area (Å²) >= 11 is 6.06. The average Bonchev–Trinajstić information content (AvgIpc) is 2.84. The molecule has 0 spiro atoms. The molecule has 0 amide bonds. The zero-order chi connectivity index (χ0) is 12.0.